The van der Waals surface area contributed by atoms with E-state index >= 15 is 0 Å². The number of amides is 2. The maximum Gasteiger partial charge on any atom is 0.266 e. The fraction of sp³-hybridized carbons (Fsp3) is 0.136. The molecule has 0 unspecified atom stereocenters. The van der Waals surface area contributed by atoms with E-state index in [-0.39, 0.29) is 11.8 Å². The average Bonchev–Trinajstić information content (AvgIpc) is 3.26. The number of pyridine rings is 1. The van der Waals surface area contributed by atoms with Gasteiger partial charge in [-0.1, -0.05) is 40.2 Å². The molecule has 144 valence electrons. The Morgan fingerprint density at radius 2 is 1.62 bits per heavy atom. The fourth-order valence-electron chi connectivity index (χ4n) is 3.95. The van der Waals surface area contributed by atoms with Gasteiger partial charge in [-0.15, -0.1) is 0 Å². The predicted octanol–water partition coefficient (Wildman–Crippen LogP) is 3.90. The minimum absolute atomic E-state index is 0.264. The summed E-state index contributed by atoms with van der Waals surface area (Å²) in [7, 11) is 0. The quantitative estimate of drug-likeness (QED) is 0.567. The third-order valence-corrected chi connectivity index (χ3v) is 5.77. The second-order valence-corrected chi connectivity index (χ2v) is 7.85. The number of hydrogen-bond acceptors (Lipinski definition) is 5. The summed E-state index contributed by atoms with van der Waals surface area (Å²) in [6.45, 7) is 0. The molecular formula is C22H16BrN3O3. The Hall–Kier alpha value is -3.03. The summed E-state index contributed by atoms with van der Waals surface area (Å²) < 4.78 is 0.931. The van der Waals surface area contributed by atoms with Gasteiger partial charge < -0.3 is 0 Å². The molecule has 3 heterocycles. The molecule has 6 nitrogen and oxygen atoms in total. The SMILES string of the molecule is O=C1[C@@H]2[C@@H](ON(c3ccc(Br)cc3)[C@H]2c2cccnc2)C(=O)N1c1ccccc1. The van der Waals surface area contributed by atoms with Crippen molar-refractivity contribution in [2.24, 2.45) is 5.92 Å². The maximum absolute atomic E-state index is 13.4. The average molecular weight is 450 g/mol. The van der Waals surface area contributed by atoms with Crippen LogP contribution in [0.15, 0.2) is 83.6 Å². The molecule has 5 rings (SSSR count). The number of hydroxylamine groups is 1. The zero-order valence-electron chi connectivity index (χ0n) is 15.2. The molecule has 0 bridgehead atoms. The molecule has 2 aliphatic heterocycles. The monoisotopic (exact) mass is 449 g/mol. The lowest BCUT2D eigenvalue weighted by molar-refractivity contribution is -0.126. The van der Waals surface area contributed by atoms with Gasteiger partial charge in [0, 0.05) is 16.9 Å². The Morgan fingerprint density at radius 1 is 0.862 bits per heavy atom. The molecule has 0 spiro atoms. The van der Waals surface area contributed by atoms with Crippen LogP contribution >= 0.6 is 15.9 Å². The van der Waals surface area contributed by atoms with Crippen molar-refractivity contribution < 1.29 is 14.4 Å². The van der Waals surface area contributed by atoms with Crippen molar-refractivity contribution in [2.45, 2.75) is 12.1 Å². The highest BCUT2D eigenvalue weighted by molar-refractivity contribution is 9.10. The van der Waals surface area contributed by atoms with E-state index in [0.717, 1.165) is 15.7 Å². The number of carbonyl (C=O) groups excluding carboxylic acids is 2. The largest absolute Gasteiger partial charge is 0.273 e. The number of imide groups is 1. The van der Waals surface area contributed by atoms with Gasteiger partial charge in [0.1, 0.15) is 5.92 Å². The lowest BCUT2D eigenvalue weighted by atomic mass is 9.91. The number of halogens is 1. The van der Waals surface area contributed by atoms with E-state index < -0.39 is 18.1 Å². The standard InChI is InChI=1S/C22H16BrN3O3/c23-15-8-10-17(11-9-15)26-19(14-5-4-12-24-13-14)18-20(29-26)22(28)25(21(18)27)16-6-2-1-3-7-16/h1-13,18-20H/t18-,19-,20+/m0/s1. The Bertz CT molecular complexity index is 1060. The first-order valence-corrected chi connectivity index (χ1v) is 9.99. The summed E-state index contributed by atoms with van der Waals surface area (Å²) in [5, 5.41) is 1.66. The van der Waals surface area contributed by atoms with Crippen LogP contribution in [0.3, 0.4) is 0 Å². The van der Waals surface area contributed by atoms with Crippen LogP contribution in [0.25, 0.3) is 0 Å². The molecule has 0 radical (unpaired) electrons. The predicted molar refractivity (Wildman–Crippen MR) is 111 cm³/mol. The van der Waals surface area contributed by atoms with E-state index in [1.165, 1.54) is 4.90 Å². The van der Waals surface area contributed by atoms with Crippen LogP contribution in [0, 0.1) is 5.92 Å². The van der Waals surface area contributed by atoms with Crippen LogP contribution in [0.1, 0.15) is 11.6 Å². The number of benzene rings is 2. The van der Waals surface area contributed by atoms with Gasteiger partial charge in [-0.2, -0.15) is 0 Å². The van der Waals surface area contributed by atoms with Crippen molar-refractivity contribution in [1.82, 2.24) is 4.98 Å². The van der Waals surface area contributed by atoms with Gasteiger partial charge in [-0.3, -0.25) is 19.4 Å². The summed E-state index contributed by atoms with van der Waals surface area (Å²) >= 11 is 3.43. The highest BCUT2D eigenvalue weighted by Crippen LogP contribution is 2.47. The van der Waals surface area contributed by atoms with Gasteiger partial charge in [-0.25, -0.2) is 9.96 Å². The zero-order chi connectivity index (χ0) is 20.0. The van der Waals surface area contributed by atoms with Crippen molar-refractivity contribution in [3.63, 3.8) is 0 Å². The van der Waals surface area contributed by atoms with E-state index in [0.29, 0.717) is 5.69 Å². The zero-order valence-corrected chi connectivity index (χ0v) is 16.8. The van der Waals surface area contributed by atoms with E-state index in [2.05, 4.69) is 20.9 Å². The molecule has 2 aliphatic rings. The van der Waals surface area contributed by atoms with Gasteiger partial charge >= 0.3 is 0 Å². The third-order valence-electron chi connectivity index (χ3n) is 5.24. The minimum Gasteiger partial charge on any atom is -0.273 e. The van der Waals surface area contributed by atoms with Gasteiger partial charge in [0.05, 0.1) is 17.4 Å². The Labute approximate surface area is 175 Å². The molecule has 3 atom stereocenters. The number of para-hydroxylation sites is 1. The van der Waals surface area contributed by atoms with Crippen molar-refractivity contribution in [3.8, 4) is 0 Å². The second-order valence-electron chi connectivity index (χ2n) is 6.93. The number of aromatic nitrogens is 1. The fourth-order valence-corrected chi connectivity index (χ4v) is 4.21. The highest BCUT2D eigenvalue weighted by atomic mass is 79.9. The van der Waals surface area contributed by atoms with Crippen LogP contribution < -0.4 is 9.96 Å². The number of hydrogen-bond donors (Lipinski definition) is 0. The van der Waals surface area contributed by atoms with Gasteiger partial charge in [0.2, 0.25) is 5.91 Å². The number of nitrogens with zero attached hydrogens (tertiary/aromatic N) is 3. The number of anilines is 2. The first-order chi connectivity index (χ1) is 14.1. The van der Waals surface area contributed by atoms with Crippen molar-refractivity contribution in [1.29, 1.82) is 0 Å². The number of rotatable bonds is 3. The smallest absolute Gasteiger partial charge is 0.266 e. The first kappa shape index (κ1) is 18.0. The number of carbonyl (C=O) groups is 2. The summed E-state index contributed by atoms with van der Waals surface area (Å²) in [5.74, 6) is -1.27. The molecule has 0 N–H and O–H groups in total. The van der Waals surface area contributed by atoms with Crippen molar-refractivity contribution in [3.05, 3.63) is 89.2 Å². The molecule has 2 amide bonds. The van der Waals surface area contributed by atoms with Crippen LogP contribution in [0.4, 0.5) is 11.4 Å². The lowest BCUT2D eigenvalue weighted by Crippen LogP contribution is -2.37. The Kier molecular flexibility index (Phi) is 4.41. The third kappa shape index (κ3) is 2.94. The van der Waals surface area contributed by atoms with Gasteiger partial charge in [-0.05, 0) is 48.0 Å². The molecule has 1 aromatic heterocycles. The number of fused-ring (bicyclic) bond motifs is 1. The molecule has 0 saturated carbocycles. The Balaban J connectivity index is 1.58. The minimum atomic E-state index is -0.878. The van der Waals surface area contributed by atoms with Crippen molar-refractivity contribution in [2.75, 3.05) is 9.96 Å². The maximum atomic E-state index is 13.4. The van der Waals surface area contributed by atoms with Crippen LogP contribution in [0.2, 0.25) is 0 Å². The van der Waals surface area contributed by atoms with Crippen LogP contribution in [0.5, 0.6) is 0 Å². The van der Waals surface area contributed by atoms with Crippen molar-refractivity contribution >= 4 is 39.1 Å². The molecule has 2 saturated heterocycles. The summed E-state index contributed by atoms with van der Waals surface area (Å²) in [6, 6.07) is 19.8. The molecule has 3 aromatic rings. The highest BCUT2D eigenvalue weighted by Gasteiger charge is 2.60. The van der Waals surface area contributed by atoms with E-state index in [9.17, 15) is 9.59 Å². The van der Waals surface area contributed by atoms with E-state index in [4.69, 9.17) is 4.84 Å². The van der Waals surface area contributed by atoms with E-state index in [1.807, 2.05) is 42.5 Å². The molecule has 2 fully saturated rings. The first-order valence-electron chi connectivity index (χ1n) is 9.19. The van der Waals surface area contributed by atoms with Crippen LogP contribution in [-0.4, -0.2) is 22.9 Å². The summed E-state index contributed by atoms with van der Waals surface area (Å²) in [5.41, 5.74) is 2.14. The molecule has 7 heteroatoms. The summed E-state index contributed by atoms with van der Waals surface area (Å²) in [6.07, 6.45) is 2.51. The topological polar surface area (TPSA) is 62.7 Å². The van der Waals surface area contributed by atoms with Crippen LogP contribution in [-0.2, 0) is 14.4 Å². The molecule has 0 aliphatic carbocycles. The molecule has 2 aromatic carbocycles. The van der Waals surface area contributed by atoms with Gasteiger partial charge in [0.25, 0.3) is 5.91 Å². The van der Waals surface area contributed by atoms with E-state index in [1.54, 1.807) is 41.7 Å². The molecular weight excluding hydrogens is 434 g/mol. The molecule has 29 heavy (non-hydrogen) atoms. The lowest BCUT2D eigenvalue weighted by Gasteiger charge is -2.28. The Morgan fingerprint density at radius 3 is 2.31 bits per heavy atom. The summed E-state index contributed by atoms with van der Waals surface area (Å²) in [4.78, 5) is 38.1. The van der Waals surface area contributed by atoms with Gasteiger partial charge in [0.15, 0.2) is 6.10 Å². The second kappa shape index (κ2) is 7.09. The normalized spacial score (nSPS) is 23.6.